The van der Waals surface area contributed by atoms with Gasteiger partial charge in [-0.05, 0) is 29.7 Å². The standard InChI is InChI=1S/C16H12FN3O/c1-10(2)14-5-12(17)6-15(16(14)21-9-18)11-4-13(19-3)8-20-7-11/h4-8,10H,1-2H3. The Morgan fingerprint density at radius 3 is 2.71 bits per heavy atom. The van der Waals surface area contributed by atoms with Crippen molar-refractivity contribution in [3.63, 3.8) is 0 Å². The zero-order chi connectivity index (χ0) is 15.4. The first-order valence-electron chi connectivity index (χ1n) is 6.29. The molecule has 1 heterocycles. The van der Waals surface area contributed by atoms with Crippen LogP contribution < -0.4 is 4.74 Å². The lowest BCUT2D eigenvalue weighted by Gasteiger charge is -2.15. The van der Waals surface area contributed by atoms with Gasteiger partial charge in [-0.25, -0.2) is 9.24 Å². The summed E-state index contributed by atoms with van der Waals surface area (Å²) in [5.74, 6) is -0.134. The molecular weight excluding hydrogens is 269 g/mol. The van der Waals surface area contributed by atoms with Crippen LogP contribution in [-0.4, -0.2) is 4.98 Å². The van der Waals surface area contributed by atoms with Crippen molar-refractivity contribution in [3.8, 4) is 23.1 Å². The molecule has 104 valence electrons. The molecule has 0 spiro atoms. The number of rotatable bonds is 3. The van der Waals surface area contributed by atoms with E-state index in [9.17, 15) is 4.39 Å². The van der Waals surface area contributed by atoms with Crippen LogP contribution in [0.1, 0.15) is 25.3 Å². The van der Waals surface area contributed by atoms with Gasteiger partial charge in [0.05, 0.1) is 6.57 Å². The molecule has 1 aromatic carbocycles. The number of benzene rings is 1. The summed E-state index contributed by atoms with van der Waals surface area (Å²) in [5, 5.41) is 8.84. The van der Waals surface area contributed by atoms with Crippen molar-refractivity contribution in [2.75, 3.05) is 0 Å². The Morgan fingerprint density at radius 1 is 1.33 bits per heavy atom. The van der Waals surface area contributed by atoms with Crippen molar-refractivity contribution in [3.05, 3.63) is 53.4 Å². The Balaban J connectivity index is 2.72. The van der Waals surface area contributed by atoms with Gasteiger partial charge in [0.2, 0.25) is 5.69 Å². The summed E-state index contributed by atoms with van der Waals surface area (Å²) >= 11 is 0. The fourth-order valence-electron chi connectivity index (χ4n) is 2.05. The third-order valence-electron chi connectivity index (χ3n) is 3.02. The van der Waals surface area contributed by atoms with Gasteiger partial charge < -0.3 is 4.74 Å². The molecule has 0 aliphatic heterocycles. The van der Waals surface area contributed by atoms with Crippen LogP contribution >= 0.6 is 0 Å². The van der Waals surface area contributed by atoms with Crippen LogP contribution in [0.25, 0.3) is 16.0 Å². The van der Waals surface area contributed by atoms with E-state index in [-0.39, 0.29) is 5.92 Å². The van der Waals surface area contributed by atoms with Gasteiger partial charge in [0.15, 0.2) is 5.75 Å². The first-order chi connectivity index (χ1) is 10.1. The minimum atomic E-state index is -0.424. The summed E-state index contributed by atoms with van der Waals surface area (Å²) in [6, 6.07) is 4.22. The normalized spacial score (nSPS) is 10.0. The molecule has 0 amide bonds. The second kappa shape index (κ2) is 6.02. The van der Waals surface area contributed by atoms with Crippen LogP contribution in [-0.2, 0) is 0 Å². The highest BCUT2D eigenvalue weighted by atomic mass is 19.1. The van der Waals surface area contributed by atoms with E-state index in [1.807, 2.05) is 13.8 Å². The zero-order valence-corrected chi connectivity index (χ0v) is 11.6. The molecule has 0 unspecified atom stereocenters. The van der Waals surface area contributed by atoms with E-state index < -0.39 is 5.82 Å². The molecule has 0 saturated carbocycles. The van der Waals surface area contributed by atoms with Crippen molar-refractivity contribution in [1.82, 2.24) is 4.98 Å². The van der Waals surface area contributed by atoms with Crippen molar-refractivity contribution in [1.29, 1.82) is 5.26 Å². The number of nitriles is 1. The van der Waals surface area contributed by atoms with Gasteiger partial charge in [0, 0.05) is 23.5 Å². The summed E-state index contributed by atoms with van der Waals surface area (Å²) in [7, 11) is 0. The van der Waals surface area contributed by atoms with Crippen LogP contribution in [0, 0.1) is 23.9 Å². The second-order valence-electron chi connectivity index (χ2n) is 4.76. The Hall–Kier alpha value is -2.92. The molecule has 4 nitrogen and oxygen atoms in total. The highest BCUT2D eigenvalue weighted by Gasteiger charge is 2.17. The van der Waals surface area contributed by atoms with Crippen molar-refractivity contribution >= 4 is 5.69 Å². The number of pyridine rings is 1. The van der Waals surface area contributed by atoms with Gasteiger partial charge in [0.25, 0.3) is 6.26 Å². The predicted molar refractivity (Wildman–Crippen MR) is 76.2 cm³/mol. The quantitative estimate of drug-likeness (QED) is 0.618. The summed E-state index contributed by atoms with van der Waals surface area (Å²) in [5.41, 5.74) is 1.89. The van der Waals surface area contributed by atoms with Gasteiger partial charge in [-0.2, -0.15) is 0 Å². The Kier molecular flexibility index (Phi) is 4.15. The van der Waals surface area contributed by atoms with Crippen molar-refractivity contribution in [2.45, 2.75) is 19.8 Å². The first-order valence-corrected chi connectivity index (χ1v) is 6.29. The molecule has 0 radical (unpaired) electrons. The van der Waals surface area contributed by atoms with Crippen molar-refractivity contribution in [2.24, 2.45) is 0 Å². The minimum Gasteiger partial charge on any atom is -0.387 e. The molecule has 2 aromatic rings. The average molecular weight is 281 g/mol. The van der Waals surface area contributed by atoms with Crippen LogP contribution in [0.15, 0.2) is 30.6 Å². The number of ether oxygens (including phenoxy) is 1. The van der Waals surface area contributed by atoms with E-state index in [1.165, 1.54) is 24.5 Å². The maximum absolute atomic E-state index is 13.9. The number of hydrogen-bond donors (Lipinski definition) is 0. The van der Waals surface area contributed by atoms with E-state index in [2.05, 4.69) is 9.83 Å². The molecule has 2 rings (SSSR count). The van der Waals surface area contributed by atoms with Gasteiger partial charge >= 0.3 is 0 Å². The first kappa shape index (κ1) is 14.5. The van der Waals surface area contributed by atoms with E-state index in [0.29, 0.717) is 28.1 Å². The summed E-state index contributed by atoms with van der Waals surface area (Å²) in [6.07, 6.45) is 4.57. The number of halogens is 1. The van der Waals surface area contributed by atoms with Crippen molar-refractivity contribution < 1.29 is 9.13 Å². The third-order valence-corrected chi connectivity index (χ3v) is 3.02. The predicted octanol–water partition coefficient (Wildman–Crippen LogP) is 4.42. The maximum Gasteiger partial charge on any atom is 0.292 e. The average Bonchev–Trinajstić information content (AvgIpc) is 2.48. The Morgan fingerprint density at radius 2 is 2.10 bits per heavy atom. The highest BCUT2D eigenvalue weighted by molar-refractivity contribution is 5.74. The minimum absolute atomic E-state index is 0.0141. The summed E-state index contributed by atoms with van der Waals surface area (Å²) in [4.78, 5) is 7.26. The van der Waals surface area contributed by atoms with Crippen LogP contribution in [0.5, 0.6) is 5.75 Å². The van der Waals surface area contributed by atoms with Crippen LogP contribution in [0.3, 0.4) is 0 Å². The second-order valence-corrected chi connectivity index (χ2v) is 4.76. The fourth-order valence-corrected chi connectivity index (χ4v) is 2.05. The lowest BCUT2D eigenvalue weighted by molar-refractivity contribution is 0.495. The van der Waals surface area contributed by atoms with Gasteiger partial charge in [0.1, 0.15) is 5.82 Å². The largest absolute Gasteiger partial charge is 0.387 e. The van der Waals surface area contributed by atoms with Crippen LogP contribution in [0.2, 0.25) is 0 Å². The molecule has 0 bridgehead atoms. The Labute approximate surface area is 122 Å². The molecule has 0 fully saturated rings. The molecule has 0 aliphatic carbocycles. The molecule has 0 atom stereocenters. The smallest absolute Gasteiger partial charge is 0.292 e. The fraction of sp³-hybridized carbons (Fsp3) is 0.188. The molecular formula is C16H12FN3O. The molecule has 0 saturated heterocycles. The SMILES string of the molecule is [C-]#[N+]c1cncc(-c2cc(F)cc(C(C)C)c2OC#N)c1. The molecule has 0 aliphatic rings. The van der Waals surface area contributed by atoms with Gasteiger partial charge in [-0.3, -0.25) is 4.98 Å². The van der Waals surface area contributed by atoms with E-state index in [1.54, 1.807) is 12.3 Å². The molecule has 1 aromatic heterocycles. The number of nitrogens with zero attached hydrogens (tertiary/aromatic N) is 3. The van der Waals surface area contributed by atoms with Gasteiger partial charge in [-0.1, -0.05) is 13.8 Å². The maximum atomic E-state index is 13.9. The Bertz CT molecular complexity index is 757. The zero-order valence-electron chi connectivity index (χ0n) is 11.6. The lowest BCUT2D eigenvalue weighted by atomic mass is 9.96. The highest BCUT2D eigenvalue weighted by Crippen LogP contribution is 2.38. The molecule has 21 heavy (non-hydrogen) atoms. The summed E-state index contributed by atoms with van der Waals surface area (Å²) < 4.78 is 18.9. The van der Waals surface area contributed by atoms with E-state index in [4.69, 9.17) is 16.6 Å². The number of hydrogen-bond acceptors (Lipinski definition) is 3. The van der Waals surface area contributed by atoms with E-state index in [0.717, 1.165) is 0 Å². The van der Waals surface area contributed by atoms with E-state index >= 15 is 0 Å². The summed E-state index contributed by atoms with van der Waals surface area (Å²) in [6.45, 7) is 10.8. The topological polar surface area (TPSA) is 50.3 Å². The molecule has 5 heteroatoms. The monoisotopic (exact) mass is 281 g/mol. The van der Waals surface area contributed by atoms with Crippen LogP contribution in [0.4, 0.5) is 10.1 Å². The lowest BCUT2D eigenvalue weighted by Crippen LogP contribution is -1.98. The third kappa shape index (κ3) is 2.98. The number of aromatic nitrogens is 1. The van der Waals surface area contributed by atoms with Gasteiger partial charge in [-0.15, -0.1) is 5.26 Å². The molecule has 0 N–H and O–H groups in total.